The fraction of sp³-hybridized carbons (Fsp3) is 0.650. The van der Waals surface area contributed by atoms with Gasteiger partial charge in [0, 0.05) is 6.54 Å². The van der Waals surface area contributed by atoms with Crippen molar-refractivity contribution < 1.29 is 9.90 Å². The number of hydrogen-bond donors (Lipinski definition) is 1. The van der Waals surface area contributed by atoms with Crippen LogP contribution in [0.25, 0.3) is 0 Å². The summed E-state index contributed by atoms with van der Waals surface area (Å²) < 4.78 is 0. The molecule has 0 radical (unpaired) electrons. The van der Waals surface area contributed by atoms with Crippen LogP contribution >= 0.6 is 0 Å². The molecule has 4 nitrogen and oxygen atoms in total. The predicted octanol–water partition coefficient (Wildman–Crippen LogP) is 3.87. The molecule has 1 aliphatic carbocycles. The lowest BCUT2D eigenvalue weighted by molar-refractivity contribution is -0.0289. The maximum absolute atomic E-state index is 12.2. The molecule has 5 rings (SSSR count). The van der Waals surface area contributed by atoms with Crippen molar-refractivity contribution in [3.05, 3.63) is 35.4 Å². The van der Waals surface area contributed by atoms with Crippen molar-refractivity contribution in [1.29, 1.82) is 0 Å². The number of nitrogens with zero attached hydrogens (tertiary/aromatic N) is 2. The third-order valence-corrected chi connectivity index (χ3v) is 6.40. The number of rotatable bonds is 4. The Morgan fingerprint density at radius 1 is 1.21 bits per heavy atom. The molecular formula is C20H28N2O2. The van der Waals surface area contributed by atoms with Crippen LogP contribution in [0.5, 0.6) is 0 Å². The lowest BCUT2D eigenvalue weighted by Crippen LogP contribution is -2.62. The number of carbonyl (C=O) groups is 1. The molecule has 24 heavy (non-hydrogen) atoms. The summed E-state index contributed by atoms with van der Waals surface area (Å²) in [5.41, 5.74) is 2.01. The first-order valence-corrected chi connectivity index (χ1v) is 9.32. The Labute approximate surface area is 144 Å². The molecular weight excluding hydrogens is 300 g/mol. The number of benzene rings is 1. The van der Waals surface area contributed by atoms with Crippen molar-refractivity contribution in [2.24, 2.45) is 5.92 Å². The Balaban J connectivity index is 1.66. The summed E-state index contributed by atoms with van der Waals surface area (Å²) in [6.07, 6.45) is 4.02. The minimum Gasteiger partial charge on any atom is -0.465 e. The van der Waals surface area contributed by atoms with Crippen LogP contribution in [0, 0.1) is 5.92 Å². The van der Waals surface area contributed by atoms with Crippen LogP contribution in [0.4, 0.5) is 4.79 Å². The maximum atomic E-state index is 12.2. The van der Waals surface area contributed by atoms with Gasteiger partial charge in [0.05, 0.1) is 11.6 Å². The van der Waals surface area contributed by atoms with Gasteiger partial charge in [-0.1, -0.05) is 24.3 Å². The standard InChI is InChI=1S/C20H28N2O2/c1-20(2,17-5-3-4-16(12-17)14-6-7-14)22(19(23)24)18-13-21-10-8-15(18)9-11-21/h3-5,12,14-15,18H,6-11,13H2,1-2H3,(H,23,24). The van der Waals surface area contributed by atoms with Gasteiger partial charge in [-0.15, -0.1) is 0 Å². The van der Waals surface area contributed by atoms with Crippen molar-refractivity contribution in [1.82, 2.24) is 9.80 Å². The van der Waals surface area contributed by atoms with E-state index in [1.807, 2.05) is 0 Å². The first-order chi connectivity index (χ1) is 11.5. The van der Waals surface area contributed by atoms with Crippen LogP contribution in [-0.4, -0.2) is 46.7 Å². The highest BCUT2D eigenvalue weighted by molar-refractivity contribution is 5.67. The third-order valence-electron chi connectivity index (χ3n) is 6.40. The Hall–Kier alpha value is -1.55. The average molecular weight is 328 g/mol. The zero-order valence-electron chi connectivity index (χ0n) is 14.7. The van der Waals surface area contributed by atoms with Gasteiger partial charge in [-0.05, 0) is 75.6 Å². The van der Waals surface area contributed by atoms with Crippen molar-refractivity contribution >= 4 is 6.09 Å². The van der Waals surface area contributed by atoms with Gasteiger partial charge in [-0.3, -0.25) is 4.90 Å². The lowest BCUT2D eigenvalue weighted by Gasteiger charge is -2.52. The van der Waals surface area contributed by atoms with E-state index in [9.17, 15) is 9.90 Å². The summed E-state index contributed by atoms with van der Waals surface area (Å²) in [5.74, 6) is 1.20. The van der Waals surface area contributed by atoms with E-state index in [1.54, 1.807) is 4.90 Å². The van der Waals surface area contributed by atoms with Gasteiger partial charge in [0.1, 0.15) is 0 Å². The number of amides is 1. The summed E-state index contributed by atoms with van der Waals surface area (Å²) in [6, 6.07) is 8.75. The summed E-state index contributed by atoms with van der Waals surface area (Å²) in [7, 11) is 0. The highest BCUT2D eigenvalue weighted by Crippen LogP contribution is 2.43. The molecule has 4 aliphatic rings. The number of piperidine rings is 3. The molecule has 4 heteroatoms. The van der Waals surface area contributed by atoms with Crippen LogP contribution < -0.4 is 0 Å². The summed E-state index contributed by atoms with van der Waals surface area (Å²) in [4.78, 5) is 16.4. The van der Waals surface area contributed by atoms with Gasteiger partial charge < -0.3 is 10.0 Å². The van der Waals surface area contributed by atoms with Crippen LogP contribution in [0.3, 0.4) is 0 Å². The summed E-state index contributed by atoms with van der Waals surface area (Å²) in [6.45, 7) is 7.30. The Kier molecular flexibility index (Phi) is 3.83. The third kappa shape index (κ3) is 2.71. The predicted molar refractivity (Wildman–Crippen MR) is 94.3 cm³/mol. The number of carboxylic acid groups (broad SMARTS) is 1. The van der Waals surface area contributed by atoms with Crippen LogP contribution in [0.1, 0.15) is 56.6 Å². The molecule has 2 bridgehead atoms. The molecule has 1 aromatic carbocycles. The molecule has 4 fully saturated rings. The van der Waals surface area contributed by atoms with E-state index < -0.39 is 11.6 Å². The molecule has 1 saturated carbocycles. The molecule has 3 aliphatic heterocycles. The minimum atomic E-state index is -0.782. The second-order valence-electron chi connectivity index (χ2n) is 8.32. The molecule has 0 aromatic heterocycles. The Morgan fingerprint density at radius 2 is 1.92 bits per heavy atom. The van der Waals surface area contributed by atoms with E-state index in [0.717, 1.165) is 38.0 Å². The summed E-state index contributed by atoms with van der Waals surface area (Å²) >= 11 is 0. The maximum Gasteiger partial charge on any atom is 0.408 e. The van der Waals surface area contributed by atoms with Crippen molar-refractivity contribution in [2.75, 3.05) is 19.6 Å². The number of hydrogen-bond acceptors (Lipinski definition) is 2. The fourth-order valence-corrected chi connectivity index (χ4v) is 4.75. The fourth-order valence-electron chi connectivity index (χ4n) is 4.75. The quantitative estimate of drug-likeness (QED) is 0.912. The van der Waals surface area contributed by atoms with E-state index in [0.29, 0.717) is 11.8 Å². The zero-order valence-corrected chi connectivity index (χ0v) is 14.7. The van der Waals surface area contributed by atoms with Crippen LogP contribution in [0.2, 0.25) is 0 Å². The molecule has 1 N–H and O–H groups in total. The zero-order chi connectivity index (χ0) is 16.9. The second kappa shape index (κ2) is 5.76. The topological polar surface area (TPSA) is 43.8 Å². The van der Waals surface area contributed by atoms with E-state index in [-0.39, 0.29) is 6.04 Å². The smallest absolute Gasteiger partial charge is 0.408 e. The Bertz CT molecular complexity index is 630. The normalized spacial score (nSPS) is 29.5. The van der Waals surface area contributed by atoms with Crippen LogP contribution in [-0.2, 0) is 5.54 Å². The van der Waals surface area contributed by atoms with Gasteiger partial charge in [-0.25, -0.2) is 4.79 Å². The second-order valence-corrected chi connectivity index (χ2v) is 8.32. The highest BCUT2D eigenvalue weighted by Gasteiger charge is 2.45. The van der Waals surface area contributed by atoms with E-state index in [2.05, 4.69) is 43.0 Å². The molecule has 3 heterocycles. The SMILES string of the molecule is CC(C)(c1cccc(C2CC2)c1)N(C(=O)O)C1CN2CCC1CC2. The van der Waals surface area contributed by atoms with Crippen LogP contribution in [0.15, 0.2) is 24.3 Å². The summed E-state index contributed by atoms with van der Waals surface area (Å²) in [5, 5.41) is 10.0. The average Bonchev–Trinajstić information content (AvgIpc) is 3.41. The lowest BCUT2D eigenvalue weighted by atomic mass is 9.80. The highest BCUT2D eigenvalue weighted by atomic mass is 16.4. The first kappa shape index (κ1) is 15.9. The van der Waals surface area contributed by atoms with Crippen molar-refractivity contribution in [2.45, 2.75) is 57.0 Å². The molecule has 0 spiro atoms. The molecule has 1 unspecified atom stereocenters. The molecule has 1 aromatic rings. The first-order valence-electron chi connectivity index (χ1n) is 9.32. The van der Waals surface area contributed by atoms with Gasteiger partial charge in [0.15, 0.2) is 0 Å². The van der Waals surface area contributed by atoms with E-state index >= 15 is 0 Å². The van der Waals surface area contributed by atoms with E-state index in [4.69, 9.17) is 0 Å². The minimum absolute atomic E-state index is 0.115. The van der Waals surface area contributed by atoms with Gasteiger partial charge >= 0.3 is 6.09 Å². The largest absolute Gasteiger partial charge is 0.465 e. The van der Waals surface area contributed by atoms with Crippen molar-refractivity contribution in [3.8, 4) is 0 Å². The van der Waals surface area contributed by atoms with Gasteiger partial charge in [-0.2, -0.15) is 0 Å². The molecule has 130 valence electrons. The molecule has 3 saturated heterocycles. The Morgan fingerprint density at radius 3 is 2.46 bits per heavy atom. The monoisotopic (exact) mass is 328 g/mol. The van der Waals surface area contributed by atoms with Gasteiger partial charge in [0.2, 0.25) is 0 Å². The number of fused-ring (bicyclic) bond motifs is 3. The van der Waals surface area contributed by atoms with Gasteiger partial charge in [0.25, 0.3) is 0 Å². The molecule has 1 atom stereocenters. The molecule has 1 amide bonds. The van der Waals surface area contributed by atoms with E-state index in [1.165, 1.54) is 18.4 Å². The van der Waals surface area contributed by atoms with Crippen molar-refractivity contribution in [3.63, 3.8) is 0 Å².